The molecule has 84 valence electrons. The van der Waals surface area contributed by atoms with Gasteiger partial charge in [0, 0.05) is 0 Å². The Balaban J connectivity index is 2.31. The SMILES string of the molecule is CC1(C)OC(=O)N1C(C=O)c1ccccc1. The van der Waals surface area contributed by atoms with Crippen molar-refractivity contribution in [1.82, 2.24) is 4.90 Å². The van der Waals surface area contributed by atoms with Crippen molar-refractivity contribution in [3.8, 4) is 0 Å². The number of carbonyl (C=O) groups is 2. The number of cyclic esters (lactones) is 1. The van der Waals surface area contributed by atoms with E-state index >= 15 is 0 Å². The Kier molecular flexibility index (Phi) is 2.42. The van der Waals surface area contributed by atoms with Gasteiger partial charge in [-0.1, -0.05) is 30.3 Å². The van der Waals surface area contributed by atoms with E-state index in [0.29, 0.717) is 0 Å². The molecule has 1 heterocycles. The molecule has 4 heteroatoms. The van der Waals surface area contributed by atoms with Gasteiger partial charge >= 0.3 is 6.09 Å². The molecule has 0 radical (unpaired) electrons. The number of nitrogens with zero attached hydrogens (tertiary/aromatic N) is 1. The highest BCUT2D eigenvalue weighted by molar-refractivity contribution is 5.79. The van der Waals surface area contributed by atoms with Gasteiger partial charge in [0.05, 0.1) is 0 Å². The topological polar surface area (TPSA) is 46.6 Å². The third-order valence-electron chi connectivity index (χ3n) is 2.66. The summed E-state index contributed by atoms with van der Waals surface area (Å²) >= 11 is 0. The smallest absolute Gasteiger partial charge is 0.415 e. The van der Waals surface area contributed by atoms with Crippen LogP contribution in [-0.4, -0.2) is 23.0 Å². The first kappa shape index (κ1) is 10.7. The van der Waals surface area contributed by atoms with Crippen LogP contribution in [0.2, 0.25) is 0 Å². The van der Waals surface area contributed by atoms with Crippen molar-refractivity contribution in [3.63, 3.8) is 0 Å². The van der Waals surface area contributed by atoms with E-state index in [1.54, 1.807) is 13.8 Å². The summed E-state index contributed by atoms with van der Waals surface area (Å²) in [5, 5.41) is 0. The summed E-state index contributed by atoms with van der Waals surface area (Å²) in [5.74, 6) is 0. The molecular weight excluding hydrogens is 206 g/mol. The summed E-state index contributed by atoms with van der Waals surface area (Å²) in [4.78, 5) is 23.9. The maximum absolute atomic E-state index is 11.4. The molecule has 1 amide bonds. The number of amides is 1. The van der Waals surface area contributed by atoms with E-state index in [2.05, 4.69) is 0 Å². The van der Waals surface area contributed by atoms with Crippen LogP contribution in [0.15, 0.2) is 30.3 Å². The summed E-state index contributed by atoms with van der Waals surface area (Å²) in [6, 6.07) is 8.61. The van der Waals surface area contributed by atoms with E-state index in [1.165, 1.54) is 4.90 Å². The van der Waals surface area contributed by atoms with E-state index in [1.807, 2.05) is 30.3 Å². The second-order valence-corrected chi connectivity index (χ2v) is 4.18. The molecule has 16 heavy (non-hydrogen) atoms. The van der Waals surface area contributed by atoms with Crippen molar-refractivity contribution in [2.24, 2.45) is 0 Å². The van der Waals surface area contributed by atoms with Crippen LogP contribution in [0.4, 0.5) is 4.79 Å². The average Bonchev–Trinajstić information content (AvgIpc) is 2.26. The first-order chi connectivity index (χ1) is 7.56. The minimum Gasteiger partial charge on any atom is -0.423 e. The number of hydrogen-bond acceptors (Lipinski definition) is 3. The molecule has 1 aromatic rings. The lowest BCUT2D eigenvalue weighted by Gasteiger charge is -2.48. The van der Waals surface area contributed by atoms with Gasteiger partial charge in [0.2, 0.25) is 0 Å². The highest BCUT2D eigenvalue weighted by Gasteiger charge is 2.50. The number of rotatable bonds is 3. The van der Waals surface area contributed by atoms with Gasteiger partial charge in [-0.15, -0.1) is 0 Å². The number of carbonyl (C=O) groups excluding carboxylic acids is 2. The van der Waals surface area contributed by atoms with Crippen LogP contribution in [0.3, 0.4) is 0 Å². The van der Waals surface area contributed by atoms with Crippen LogP contribution in [0.5, 0.6) is 0 Å². The fraction of sp³-hybridized carbons (Fsp3) is 0.333. The van der Waals surface area contributed by atoms with Gasteiger partial charge < -0.3 is 9.53 Å². The lowest BCUT2D eigenvalue weighted by Crippen LogP contribution is -2.63. The molecule has 1 atom stereocenters. The lowest BCUT2D eigenvalue weighted by atomic mass is 10.0. The monoisotopic (exact) mass is 219 g/mol. The predicted octanol–water partition coefficient (Wildman–Crippen LogP) is 2.11. The normalized spacial score (nSPS) is 19.6. The van der Waals surface area contributed by atoms with Crippen LogP contribution in [0.1, 0.15) is 25.5 Å². The van der Waals surface area contributed by atoms with Crippen LogP contribution < -0.4 is 0 Å². The zero-order chi connectivity index (χ0) is 11.8. The predicted molar refractivity (Wildman–Crippen MR) is 57.6 cm³/mol. The number of aldehydes is 1. The fourth-order valence-corrected chi connectivity index (χ4v) is 1.88. The lowest BCUT2D eigenvalue weighted by molar-refractivity contribution is -0.180. The highest BCUT2D eigenvalue weighted by atomic mass is 16.6. The van der Waals surface area contributed by atoms with Gasteiger partial charge in [-0.3, -0.25) is 4.90 Å². The average molecular weight is 219 g/mol. The maximum atomic E-state index is 11.4. The Morgan fingerprint density at radius 3 is 2.38 bits per heavy atom. The largest absolute Gasteiger partial charge is 0.423 e. The van der Waals surface area contributed by atoms with Crippen molar-refractivity contribution in [1.29, 1.82) is 0 Å². The molecule has 0 aromatic heterocycles. The Labute approximate surface area is 93.8 Å². The number of hydrogen-bond donors (Lipinski definition) is 0. The molecule has 1 aliphatic heterocycles. The minimum atomic E-state index is -0.710. The van der Waals surface area contributed by atoms with Crippen LogP contribution in [-0.2, 0) is 9.53 Å². The fourth-order valence-electron chi connectivity index (χ4n) is 1.88. The van der Waals surface area contributed by atoms with Crippen molar-refractivity contribution in [2.45, 2.75) is 25.6 Å². The third kappa shape index (κ3) is 1.56. The molecule has 0 saturated carbocycles. The van der Waals surface area contributed by atoms with Gasteiger partial charge in [0.25, 0.3) is 0 Å². The van der Waals surface area contributed by atoms with Crippen molar-refractivity contribution < 1.29 is 14.3 Å². The molecular formula is C12H13NO3. The van der Waals surface area contributed by atoms with Crippen LogP contribution in [0.25, 0.3) is 0 Å². The van der Waals surface area contributed by atoms with E-state index in [4.69, 9.17) is 4.74 Å². The van der Waals surface area contributed by atoms with Gasteiger partial charge in [-0.2, -0.15) is 0 Å². The second kappa shape index (κ2) is 3.63. The molecule has 1 aliphatic rings. The van der Waals surface area contributed by atoms with Crippen molar-refractivity contribution in [2.75, 3.05) is 0 Å². The Morgan fingerprint density at radius 2 is 1.94 bits per heavy atom. The number of benzene rings is 1. The molecule has 4 nitrogen and oxygen atoms in total. The summed E-state index contributed by atoms with van der Waals surface area (Å²) < 4.78 is 4.97. The Morgan fingerprint density at radius 1 is 1.31 bits per heavy atom. The van der Waals surface area contributed by atoms with Gasteiger partial charge in [-0.05, 0) is 19.4 Å². The molecule has 1 unspecified atom stereocenters. The zero-order valence-electron chi connectivity index (χ0n) is 9.21. The van der Waals surface area contributed by atoms with Crippen LogP contribution in [0, 0.1) is 0 Å². The van der Waals surface area contributed by atoms with Crippen LogP contribution >= 0.6 is 0 Å². The molecule has 1 fully saturated rings. The van der Waals surface area contributed by atoms with E-state index in [0.717, 1.165) is 11.8 Å². The zero-order valence-corrected chi connectivity index (χ0v) is 9.21. The Bertz CT molecular complexity index is 414. The second-order valence-electron chi connectivity index (χ2n) is 4.18. The molecule has 1 saturated heterocycles. The van der Waals surface area contributed by atoms with Crippen molar-refractivity contribution in [3.05, 3.63) is 35.9 Å². The summed E-state index contributed by atoms with van der Waals surface area (Å²) in [6.07, 6.45) is 0.309. The molecule has 0 spiro atoms. The van der Waals surface area contributed by atoms with E-state index < -0.39 is 17.9 Å². The standard InChI is InChI=1S/C12H13NO3/c1-12(2)13(11(15)16-12)10(8-14)9-6-4-3-5-7-9/h3-8,10H,1-2H3. The maximum Gasteiger partial charge on any atom is 0.415 e. The van der Waals surface area contributed by atoms with Crippen molar-refractivity contribution >= 4 is 12.4 Å². The summed E-state index contributed by atoms with van der Waals surface area (Å²) in [5.41, 5.74) is 0.0839. The highest BCUT2D eigenvalue weighted by Crippen LogP contribution is 2.36. The van der Waals surface area contributed by atoms with Gasteiger partial charge in [0.15, 0.2) is 5.72 Å². The number of ether oxygens (including phenoxy) is 1. The summed E-state index contributed by atoms with van der Waals surface area (Å²) in [7, 11) is 0. The molecule has 0 N–H and O–H groups in total. The molecule has 0 bridgehead atoms. The minimum absolute atomic E-state index is 0.453. The quantitative estimate of drug-likeness (QED) is 0.731. The van der Waals surface area contributed by atoms with E-state index in [9.17, 15) is 9.59 Å². The van der Waals surface area contributed by atoms with Gasteiger partial charge in [-0.25, -0.2) is 4.79 Å². The molecule has 1 aromatic carbocycles. The molecule has 2 rings (SSSR count). The van der Waals surface area contributed by atoms with E-state index in [-0.39, 0.29) is 0 Å². The molecule has 0 aliphatic carbocycles. The van der Waals surface area contributed by atoms with Gasteiger partial charge in [0.1, 0.15) is 12.3 Å². The summed E-state index contributed by atoms with van der Waals surface area (Å²) in [6.45, 7) is 3.52. The first-order valence-electron chi connectivity index (χ1n) is 5.09. The first-order valence-corrected chi connectivity index (χ1v) is 5.09. The Hall–Kier alpha value is -1.84. The third-order valence-corrected chi connectivity index (χ3v) is 2.66.